The molecule has 1 saturated heterocycles. The van der Waals surface area contributed by atoms with Gasteiger partial charge in [0.15, 0.2) is 0 Å². The van der Waals surface area contributed by atoms with E-state index in [0.29, 0.717) is 29.3 Å². The van der Waals surface area contributed by atoms with Crippen molar-refractivity contribution in [1.82, 2.24) is 9.21 Å². The Morgan fingerprint density at radius 3 is 2.48 bits per heavy atom. The SMILES string of the molecule is COc1ccc(S(=O)(=O)N2CCN(CCc3ccccc3)C(C)C2)c(C)c1. The first kappa shape index (κ1) is 19.9. The fourth-order valence-corrected chi connectivity index (χ4v) is 5.33. The summed E-state index contributed by atoms with van der Waals surface area (Å²) in [5, 5.41) is 0. The minimum Gasteiger partial charge on any atom is -0.497 e. The van der Waals surface area contributed by atoms with Crippen LogP contribution in [0.25, 0.3) is 0 Å². The zero-order chi connectivity index (χ0) is 19.4. The number of sulfonamides is 1. The number of piperazine rings is 1. The van der Waals surface area contributed by atoms with E-state index in [2.05, 4.69) is 36.1 Å². The predicted octanol–water partition coefficient (Wildman–Crippen LogP) is 2.94. The molecule has 146 valence electrons. The maximum atomic E-state index is 13.1. The van der Waals surface area contributed by atoms with Gasteiger partial charge in [-0.1, -0.05) is 30.3 Å². The number of ether oxygens (including phenoxy) is 1. The highest BCUT2D eigenvalue weighted by atomic mass is 32.2. The van der Waals surface area contributed by atoms with Gasteiger partial charge in [-0.25, -0.2) is 8.42 Å². The lowest BCUT2D eigenvalue weighted by Gasteiger charge is -2.39. The van der Waals surface area contributed by atoms with Crippen molar-refractivity contribution in [1.29, 1.82) is 0 Å². The Morgan fingerprint density at radius 1 is 1.11 bits per heavy atom. The summed E-state index contributed by atoms with van der Waals surface area (Å²) in [5.41, 5.74) is 2.03. The van der Waals surface area contributed by atoms with E-state index in [1.807, 2.05) is 13.0 Å². The molecule has 0 bridgehead atoms. The number of methoxy groups -OCH3 is 1. The molecule has 6 heteroatoms. The van der Waals surface area contributed by atoms with Crippen molar-refractivity contribution < 1.29 is 13.2 Å². The van der Waals surface area contributed by atoms with Crippen LogP contribution in [0.4, 0.5) is 0 Å². The largest absolute Gasteiger partial charge is 0.497 e. The van der Waals surface area contributed by atoms with Crippen LogP contribution in [0, 0.1) is 6.92 Å². The minimum atomic E-state index is -3.49. The molecule has 2 aromatic rings. The van der Waals surface area contributed by atoms with Gasteiger partial charge in [0.25, 0.3) is 0 Å². The molecule has 0 radical (unpaired) electrons. The quantitative estimate of drug-likeness (QED) is 0.763. The van der Waals surface area contributed by atoms with E-state index >= 15 is 0 Å². The Bertz CT molecular complexity index is 868. The molecule has 5 nitrogen and oxygen atoms in total. The molecular formula is C21H28N2O3S. The average molecular weight is 389 g/mol. The van der Waals surface area contributed by atoms with Gasteiger partial charge < -0.3 is 4.74 Å². The van der Waals surface area contributed by atoms with Crippen molar-refractivity contribution in [3.8, 4) is 5.75 Å². The third-order valence-corrected chi connectivity index (χ3v) is 7.28. The predicted molar refractivity (Wildman–Crippen MR) is 108 cm³/mol. The molecule has 3 rings (SSSR count). The molecule has 1 aliphatic heterocycles. The van der Waals surface area contributed by atoms with Crippen LogP contribution in [0.1, 0.15) is 18.1 Å². The third kappa shape index (κ3) is 4.51. The molecular weight excluding hydrogens is 360 g/mol. The van der Waals surface area contributed by atoms with Gasteiger partial charge in [-0.3, -0.25) is 4.90 Å². The van der Waals surface area contributed by atoms with Crippen LogP contribution < -0.4 is 4.74 Å². The van der Waals surface area contributed by atoms with Gasteiger partial charge in [0.05, 0.1) is 12.0 Å². The highest BCUT2D eigenvalue weighted by Gasteiger charge is 2.32. The van der Waals surface area contributed by atoms with Crippen molar-refractivity contribution in [2.24, 2.45) is 0 Å². The fourth-order valence-electron chi connectivity index (χ4n) is 3.61. The van der Waals surface area contributed by atoms with Crippen molar-refractivity contribution in [3.63, 3.8) is 0 Å². The van der Waals surface area contributed by atoms with Gasteiger partial charge in [0.2, 0.25) is 10.0 Å². The molecule has 0 N–H and O–H groups in total. The lowest BCUT2D eigenvalue weighted by atomic mass is 10.1. The first-order valence-corrected chi connectivity index (χ1v) is 10.8. The summed E-state index contributed by atoms with van der Waals surface area (Å²) in [5.74, 6) is 0.672. The van der Waals surface area contributed by atoms with Crippen molar-refractivity contribution in [2.45, 2.75) is 31.2 Å². The molecule has 1 heterocycles. The van der Waals surface area contributed by atoms with E-state index in [1.165, 1.54) is 5.56 Å². The summed E-state index contributed by atoms with van der Waals surface area (Å²) in [6.45, 7) is 6.65. The molecule has 0 saturated carbocycles. The molecule has 0 amide bonds. The molecule has 27 heavy (non-hydrogen) atoms. The van der Waals surface area contributed by atoms with Crippen molar-refractivity contribution in [3.05, 3.63) is 59.7 Å². The normalized spacial score (nSPS) is 19.1. The van der Waals surface area contributed by atoms with Crippen LogP contribution in [0.3, 0.4) is 0 Å². The van der Waals surface area contributed by atoms with Crippen LogP contribution in [0.2, 0.25) is 0 Å². The maximum Gasteiger partial charge on any atom is 0.243 e. The van der Waals surface area contributed by atoms with E-state index in [0.717, 1.165) is 19.5 Å². The van der Waals surface area contributed by atoms with Gasteiger partial charge in [0.1, 0.15) is 5.75 Å². The van der Waals surface area contributed by atoms with Gasteiger partial charge in [0, 0.05) is 32.2 Å². The van der Waals surface area contributed by atoms with Gasteiger partial charge in [-0.05, 0) is 49.6 Å². The van der Waals surface area contributed by atoms with E-state index in [4.69, 9.17) is 4.74 Å². The summed E-state index contributed by atoms with van der Waals surface area (Å²) in [6, 6.07) is 15.7. The van der Waals surface area contributed by atoms with Crippen LogP contribution in [-0.4, -0.2) is 57.0 Å². The Morgan fingerprint density at radius 2 is 1.85 bits per heavy atom. The van der Waals surface area contributed by atoms with Crippen LogP contribution in [-0.2, 0) is 16.4 Å². The van der Waals surface area contributed by atoms with Gasteiger partial charge in [-0.15, -0.1) is 0 Å². The van der Waals surface area contributed by atoms with Crippen LogP contribution in [0.5, 0.6) is 5.75 Å². The van der Waals surface area contributed by atoms with Gasteiger partial charge >= 0.3 is 0 Å². The van der Waals surface area contributed by atoms with Crippen molar-refractivity contribution >= 4 is 10.0 Å². The number of hydrogen-bond donors (Lipinski definition) is 0. The Labute approximate surface area is 162 Å². The first-order chi connectivity index (χ1) is 12.9. The first-order valence-electron chi connectivity index (χ1n) is 9.34. The second kappa shape index (κ2) is 8.42. The van der Waals surface area contributed by atoms with E-state index in [9.17, 15) is 8.42 Å². The molecule has 1 atom stereocenters. The summed E-state index contributed by atoms with van der Waals surface area (Å²) in [4.78, 5) is 2.74. The molecule has 0 spiro atoms. The monoisotopic (exact) mass is 388 g/mol. The standard InChI is InChI=1S/C21H28N2O3S/c1-17-15-20(26-3)9-10-21(17)27(24,25)23-14-13-22(18(2)16-23)12-11-19-7-5-4-6-8-19/h4-10,15,18H,11-14,16H2,1-3H3. The Balaban J connectivity index is 1.66. The zero-order valence-electron chi connectivity index (χ0n) is 16.3. The summed E-state index contributed by atoms with van der Waals surface area (Å²) in [6.07, 6.45) is 0.982. The minimum absolute atomic E-state index is 0.191. The maximum absolute atomic E-state index is 13.1. The molecule has 1 aliphatic rings. The van der Waals surface area contributed by atoms with Gasteiger partial charge in [-0.2, -0.15) is 4.31 Å². The smallest absolute Gasteiger partial charge is 0.243 e. The lowest BCUT2D eigenvalue weighted by Crippen LogP contribution is -2.53. The van der Waals surface area contributed by atoms with Crippen LogP contribution >= 0.6 is 0 Å². The topological polar surface area (TPSA) is 49.9 Å². The number of hydrogen-bond acceptors (Lipinski definition) is 4. The Hall–Kier alpha value is -1.89. The second-order valence-corrected chi connectivity index (χ2v) is 9.02. The van der Waals surface area contributed by atoms with E-state index < -0.39 is 10.0 Å². The zero-order valence-corrected chi connectivity index (χ0v) is 17.1. The number of nitrogens with zero attached hydrogens (tertiary/aromatic N) is 2. The molecule has 0 aromatic heterocycles. The average Bonchev–Trinajstić information content (AvgIpc) is 2.67. The highest BCUT2D eigenvalue weighted by Crippen LogP contribution is 2.26. The Kier molecular flexibility index (Phi) is 6.19. The van der Waals surface area contributed by atoms with Crippen LogP contribution in [0.15, 0.2) is 53.4 Å². The van der Waals surface area contributed by atoms with E-state index in [-0.39, 0.29) is 6.04 Å². The third-order valence-electron chi connectivity index (χ3n) is 5.26. The molecule has 1 unspecified atom stereocenters. The lowest BCUT2D eigenvalue weighted by molar-refractivity contribution is 0.130. The fraction of sp³-hybridized carbons (Fsp3) is 0.429. The highest BCUT2D eigenvalue weighted by molar-refractivity contribution is 7.89. The second-order valence-electron chi connectivity index (χ2n) is 7.12. The van der Waals surface area contributed by atoms with Crippen molar-refractivity contribution in [2.75, 3.05) is 33.3 Å². The molecule has 0 aliphatic carbocycles. The number of benzene rings is 2. The number of rotatable bonds is 6. The summed E-state index contributed by atoms with van der Waals surface area (Å²) in [7, 11) is -1.91. The molecule has 2 aromatic carbocycles. The summed E-state index contributed by atoms with van der Waals surface area (Å²) < 4.78 is 33.0. The summed E-state index contributed by atoms with van der Waals surface area (Å²) >= 11 is 0. The van der Waals surface area contributed by atoms with E-state index in [1.54, 1.807) is 29.6 Å². The number of aryl methyl sites for hydroxylation is 1. The molecule has 1 fully saturated rings.